The summed E-state index contributed by atoms with van der Waals surface area (Å²) >= 11 is 3.50. The molecule has 0 aromatic heterocycles. The Kier molecular flexibility index (Phi) is 3.03. The molecule has 1 N–H and O–H groups in total. The van der Waals surface area contributed by atoms with Crippen LogP contribution in [0.15, 0.2) is 29.3 Å². The zero-order chi connectivity index (χ0) is 9.97. The van der Waals surface area contributed by atoms with E-state index >= 15 is 0 Å². The van der Waals surface area contributed by atoms with Crippen LogP contribution in [-0.4, -0.2) is 22.3 Å². The van der Waals surface area contributed by atoms with E-state index in [0.717, 1.165) is 10.9 Å². The largest absolute Gasteiger partial charge is 0.508 e. The van der Waals surface area contributed by atoms with Crippen LogP contribution in [-0.2, 0) is 0 Å². The van der Waals surface area contributed by atoms with Crippen LogP contribution >= 0.6 is 23.5 Å². The van der Waals surface area contributed by atoms with Gasteiger partial charge >= 0.3 is 0 Å². The lowest BCUT2D eigenvalue weighted by molar-refractivity contribution is 0.475. The number of phenolic OH excluding ortho intramolecular Hbond substituents is 1. The average Bonchev–Trinajstić information content (AvgIpc) is 2.67. The molecular weight excluding hydrogens is 214 g/mol. The van der Waals surface area contributed by atoms with Crippen LogP contribution in [0.25, 0.3) is 0 Å². The van der Waals surface area contributed by atoms with E-state index in [2.05, 4.69) is 4.99 Å². The zero-order valence-electron chi connectivity index (χ0n) is 7.80. The SMILES string of the molecule is CSC1=NCC(c2ccc(O)cc2)S1. The molecular formula is C10H11NOS2. The van der Waals surface area contributed by atoms with Crippen LogP contribution in [0.2, 0.25) is 0 Å². The van der Waals surface area contributed by atoms with Crippen molar-refractivity contribution in [1.82, 2.24) is 0 Å². The lowest BCUT2D eigenvalue weighted by atomic mass is 10.1. The molecule has 1 aliphatic heterocycles. The second-order valence-electron chi connectivity index (χ2n) is 3.01. The summed E-state index contributed by atoms with van der Waals surface area (Å²) in [6.07, 6.45) is 2.05. The van der Waals surface area contributed by atoms with Crippen LogP contribution in [0, 0.1) is 0 Å². The van der Waals surface area contributed by atoms with Crippen molar-refractivity contribution in [3.8, 4) is 5.75 Å². The number of aromatic hydroxyl groups is 1. The van der Waals surface area contributed by atoms with Crippen molar-refractivity contribution in [2.45, 2.75) is 5.25 Å². The van der Waals surface area contributed by atoms with E-state index in [0.29, 0.717) is 11.0 Å². The second kappa shape index (κ2) is 4.28. The highest BCUT2D eigenvalue weighted by molar-refractivity contribution is 8.38. The first kappa shape index (κ1) is 9.93. The first-order chi connectivity index (χ1) is 6.79. The highest BCUT2D eigenvalue weighted by Gasteiger charge is 2.20. The van der Waals surface area contributed by atoms with Gasteiger partial charge < -0.3 is 5.11 Å². The van der Waals surface area contributed by atoms with Crippen molar-refractivity contribution < 1.29 is 5.11 Å². The molecule has 0 saturated carbocycles. The Morgan fingerprint density at radius 1 is 1.43 bits per heavy atom. The molecule has 2 nitrogen and oxygen atoms in total. The lowest BCUT2D eigenvalue weighted by Crippen LogP contribution is -1.92. The molecule has 14 heavy (non-hydrogen) atoms. The molecule has 1 unspecified atom stereocenters. The van der Waals surface area contributed by atoms with Crippen LogP contribution in [0.1, 0.15) is 10.8 Å². The van der Waals surface area contributed by atoms with Crippen LogP contribution < -0.4 is 0 Å². The van der Waals surface area contributed by atoms with Gasteiger partial charge in [0.2, 0.25) is 0 Å². The molecule has 1 aliphatic rings. The number of phenols is 1. The quantitative estimate of drug-likeness (QED) is 0.797. The molecule has 0 spiro atoms. The van der Waals surface area contributed by atoms with Crippen molar-refractivity contribution in [3.05, 3.63) is 29.8 Å². The number of benzene rings is 1. The Bertz CT molecular complexity index is 348. The molecule has 0 saturated heterocycles. The van der Waals surface area contributed by atoms with E-state index in [1.807, 2.05) is 18.4 Å². The van der Waals surface area contributed by atoms with Crippen molar-refractivity contribution in [1.29, 1.82) is 0 Å². The van der Waals surface area contributed by atoms with E-state index in [4.69, 9.17) is 5.11 Å². The lowest BCUT2D eigenvalue weighted by Gasteiger charge is -2.07. The molecule has 2 rings (SSSR count). The smallest absolute Gasteiger partial charge is 0.125 e. The van der Waals surface area contributed by atoms with E-state index in [1.165, 1.54) is 5.56 Å². The van der Waals surface area contributed by atoms with Gasteiger partial charge in [0, 0.05) is 0 Å². The van der Waals surface area contributed by atoms with Crippen LogP contribution in [0.5, 0.6) is 5.75 Å². The normalized spacial score (nSPS) is 20.9. The minimum Gasteiger partial charge on any atom is -0.508 e. The Morgan fingerprint density at radius 2 is 2.14 bits per heavy atom. The summed E-state index contributed by atoms with van der Waals surface area (Å²) in [5, 5.41) is 9.59. The summed E-state index contributed by atoms with van der Waals surface area (Å²) in [6.45, 7) is 0.853. The predicted molar refractivity (Wildman–Crippen MR) is 64.3 cm³/mol. The summed E-state index contributed by atoms with van der Waals surface area (Å²) in [7, 11) is 0. The first-order valence-electron chi connectivity index (χ1n) is 4.33. The van der Waals surface area contributed by atoms with E-state index < -0.39 is 0 Å². The third kappa shape index (κ3) is 2.07. The van der Waals surface area contributed by atoms with Crippen molar-refractivity contribution >= 4 is 27.9 Å². The maximum absolute atomic E-state index is 9.16. The molecule has 1 aromatic carbocycles. The first-order valence-corrected chi connectivity index (χ1v) is 6.44. The standard InChI is InChI=1S/C10H11NOS2/c1-13-10-11-6-9(14-10)7-2-4-8(12)5-3-7/h2-5,9,12H,6H2,1H3. The number of hydrogen-bond donors (Lipinski definition) is 1. The van der Waals surface area contributed by atoms with Gasteiger partial charge in [-0.25, -0.2) is 0 Å². The monoisotopic (exact) mass is 225 g/mol. The summed E-state index contributed by atoms with van der Waals surface area (Å²) in [5.74, 6) is 0.322. The Balaban J connectivity index is 2.08. The molecule has 4 heteroatoms. The topological polar surface area (TPSA) is 32.6 Å². The fraction of sp³-hybridized carbons (Fsp3) is 0.300. The van der Waals surface area contributed by atoms with Gasteiger partial charge in [-0.2, -0.15) is 0 Å². The van der Waals surface area contributed by atoms with Gasteiger partial charge in [0.1, 0.15) is 10.1 Å². The summed E-state index contributed by atoms with van der Waals surface area (Å²) in [5.41, 5.74) is 1.24. The zero-order valence-corrected chi connectivity index (χ0v) is 9.44. The number of rotatable bonds is 1. The fourth-order valence-corrected chi connectivity index (χ4v) is 3.10. The van der Waals surface area contributed by atoms with Gasteiger partial charge in [-0.3, -0.25) is 4.99 Å². The number of thioether (sulfide) groups is 2. The minimum atomic E-state index is 0.322. The third-order valence-corrected chi connectivity index (χ3v) is 4.37. The van der Waals surface area contributed by atoms with Gasteiger partial charge in [-0.05, 0) is 24.0 Å². The van der Waals surface area contributed by atoms with E-state index in [1.54, 1.807) is 35.7 Å². The highest BCUT2D eigenvalue weighted by Crippen LogP contribution is 2.38. The van der Waals surface area contributed by atoms with Gasteiger partial charge in [-0.1, -0.05) is 23.9 Å². The van der Waals surface area contributed by atoms with E-state index in [-0.39, 0.29) is 0 Å². The Labute approximate surface area is 91.8 Å². The molecule has 0 fully saturated rings. The number of hydrogen-bond acceptors (Lipinski definition) is 4. The maximum Gasteiger partial charge on any atom is 0.125 e. The van der Waals surface area contributed by atoms with Crippen LogP contribution in [0.4, 0.5) is 0 Å². The predicted octanol–water partition coefficient (Wildman–Crippen LogP) is 2.90. The van der Waals surface area contributed by atoms with Gasteiger partial charge in [0.25, 0.3) is 0 Å². The van der Waals surface area contributed by atoms with Gasteiger partial charge in [-0.15, -0.1) is 11.8 Å². The van der Waals surface area contributed by atoms with Gasteiger partial charge in [0.05, 0.1) is 11.8 Å². The Hall–Kier alpha value is -0.610. The third-order valence-electron chi connectivity index (χ3n) is 2.07. The molecule has 0 radical (unpaired) electrons. The summed E-state index contributed by atoms with van der Waals surface area (Å²) < 4.78 is 1.16. The second-order valence-corrected chi connectivity index (χ2v) is 5.25. The highest BCUT2D eigenvalue weighted by atomic mass is 32.2. The summed E-state index contributed by atoms with van der Waals surface area (Å²) in [6, 6.07) is 7.39. The molecule has 74 valence electrons. The minimum absolute atomic E-state index is 0.322. The molecule has 1 atom stereocenters. The summed E-state index contributed by atoms with van der Waals surface area (Å²) in [4.78, 5) is 4.41. The molecule has 1 heterocycles. The van der Waals surface area contributed by atoms with Gasteiger partial charge in [0.15, 0.2) is 0 Å². The average molecular weight is 225 g/mol. The van der Waals surface area contributed by atoms with Crippen molar-refractivity contribution in [2.75, 3.05) is 12.8 Å². The molecule has 0 bridgehead atoms. The Morgan fingerprint density at radius 3 is 2.71 bits per heavy atom. The molecule has 0 amide bonds. The maximum atomic E-state index is 9.16. The van der Waals surface area contributed by atoms with E-state index in [9.17, 15) is 0 Å². The molecule has 0 aliphatic carbocycles. The van der Waals surface area contributed by atoms with Crippen molar-refractivity contribution in [2.24, 2.45) is 4.99 Å². The van der Waals surface area contributed by atoms with Crippen LogP contribution in [0.3, 0.4) is 0 Å². The number of nitrogens with zero attached hydrogens (tertiary/aromatic N) is 1. The fourth-order valence-electron chi connectivity index (χ4n) is 1.33. The van der Waals surface area contributed by atoms with Crippen molar-refractivity contribution in [3.63, 3.8) is 0 Å². The molecule has 1 aromatic rings. The number of aliphatic imine (C=N–C) groups is 1.